The van der Waals surface area contributed by atoms with Crippen LogP contribution in [0.25, 0.3) is 0 Å². The topological polar surface area (TPSA) is 43.5 Å². The Bertz CT molecular complexity index is 359. The molecule has 0 aliphatic carbocycles. The number of epoxide rings is 2. The maximum atomic E-state index is 5.86. The molecule has 2 fully saturated rings. The minimum atomic E-state index is -0.0193. The van der Waals surface area contributed by atoms with Gasteiger partial charge in [-0.15, -0.1) is 0 Å². The number of hydrogen-bond donors (Lipinski definition) is 0. The highest BCUT2D eigenvalue weighted by molar-refractivity contribution is 5.17. The minimum absolute atomic E-state index is 0.0193. The van der Waals surface area contributed by atoms with E-state index in [0.29, 0.717) is 25.9 Å². The van der Waals surface area contributed by atoms with Crippen molar-refractivity contribution in [1.29, 1.82) is 0 Å². The molecule has 4 heteroatoms. The second-order valence-corrected chi connectivity index (χ2v) is 4.68. The molecule has 2 aliphatic heterocycles. The fraction of sp³-hybridized carbons (Fsp3) is 0.571. The fourth-order valence-electron chi connectivity index (χ4n) is 1.77. The molecule has 0 radical (unpaired) electrons. The molecule has 4 nitrogen and oxygen atoms in total. The molecule has 0 aromatic heterocycles. The standard InChI is InChI=1S/C14H18O4/c1-2-4-11(5-3-1)14(18-9-13-8-17-13)10-15-6-12-7-16-12/h1-5,12-14H,6-10H2. The summed E-state index contributed by atoms with van der Waals surface area (Å²) in [5.41, 5.74) is 1.15. The van der Waals surface area contributed by atoms with E-state index in [1.807, 2.05) is 18.2 Å². The van der Waals surface area contributed by atoms with Crippen LogP contribution in [0.15, 0.2) is 30.3 Å². The van der Waals surface area contributed by atoms with Crippen molar-refractivity contribution in [2.75, 3.05) is 33.0 Å². The van der Waals surface area contributed by atoms with E-state index in [1.54, 1.807) is 0 Å². The first kappa shape index (κ1) is 12.1. The molecule has 2 saturated heterocycles. The predicted octanol–water partition coefficient (Wildman–Crippen LogP) is 1.56. The minimum Gasteiger partial charge on any atom is -0.376 e. The third kappa shape index (κ3) is 3.78. The lowest BCUT2D eigenvalue weighted by molar-refractivity contribution is -0.0258. The zero-order valence-corrected chi connectivity index (χ0v) is 10.3. The molecule has 1 aromatic rings. The van der Waals surface area contributed by atoms with Crippen LogP contribution in [0.1, 0.15) is 11.7 Å². The smallest absolute Gasteiger partial charge is 0.106 e. The van der Waals surface area contributed by atoms with Crippen molar-refractivity contribution in [3.05, 3.63) is 35.9 Å². The predicted molar refractivity (Wildman–Crippen MR) is 65.4 cm³/mol. The zero-order chi connectivity index (χ0) is 12.2. The summed E-state index contributed by atoms with van der Waals surface area (Å²) < 4.78 is 21.8. The van der Waals surface area contributed by atoms with E-state index >= 15 is 0 Å². The molecule has 3 unspecified atom stereocenters. The second-order valence-electron chi connectivity index (χ2n) is 4.68. The summed E-state index contributed by atoms with van der Waals surface area (Å²) in [5.74, 6) is 0. The van der Waals surface area contributed by atoms with E-state index in [0.717, 1.165) is 18.8 Å². The molecule has 3 rings (SSSR count). The van der Waals surface area contributed by atoms with E-state index in [-0.39, 0.29) is 12.2 Å². The van der Waals surface area contributed by atoms with Crippen molar-refractivity contribution in [2.24, 2.45) is 0 Å². The van der Waals surface area contributed by atoms with Crippen LogP contribution in [0, 0.1) is 0 Å². The van der Waals surface area contributed by atoms with Gasteiger partial charge in [-0.2, -0.15) is 0 Å². The van der Waals surface area contributed by atoms with Crippen molar-refractivity contribution >= 4 is 0 Å². The van der Waals surface area contributed by atoms with Crippen molar-refractivity contribution in [3.63, 3.8) is 0 Å². The van der Waals surface area contributed by atoms with Gasteiger partial charge >= 0.3 is 0 Å². The lowest BCUT2D eigenvalue weighted by Crippen LogP contribution is -2.16. The van der Waals surface area contributed by atoms with Crippen LogP contribution in [0.4, 0.5) is 0 Å². The van der Waals surface area contributed by atoms with Gasteiger partial charge in [0.15, 0.2) is 0 Å². The van der Waals surface area contributed by atoms with Crippen molar-refractivity contribution in [1.82, 2.24) is 0 Å². The van der Waals surface area contributed by atoms with Gasteiger partial charge in [0.25, 0.3) is 0 Å². The second kappa shape index (κ2) is 5.80. The number of ether oxygens (including phenoxy) is 4. The van der Waals surface area contributed by atoms with Crippen LogP contribution >= 0.6 is 0 Å². The summed E-state index contributed by atoms with van der Waals surface area (Å²) in [7, 11) is 0. The molecule has 3 atom stereocenters. The Morgan fingerprint density at radius 3 is 2.39 bits per heavy atom. The van der Waals surface area contributed by atoms with Gasteiger partial charge in [0.1, 0.15) is 18.3 Å². The molecule has 2 aliphatic rings. The lowest BCUT2D eigenvalue weighted by Gasteiger charge is -2.17. The van der Waals surface area contributed by atoms with Crippen LogP contribution in [0.2, 0.25) is 0 Å². The van der Waals surface area contributed by atoms with Crippen molar-refractivity contribution in [3.8, 4) is 0 Å². The molecule has 0 N–H and O–H groups in total. The van der Waals surface area contributed by atoms with Crippen LogP contribution in [-0.4, -0.2) is 45.2 Å². The first-order chi connectivity index (χ1) is 8.92. The summed E-state index contributed by atoms with van der Waals surface area (Å²) in [6, 6.07) is 10.2. The first-order valence-electron chi connectivity index (χ1n) is 6.39. The molecule has 0 saturated carbocycles. The third-order valence-corrected chi connectivity index (χ3v) is 3.03. The molecule has 0 spiro atoms. The summed E-state index contributed by atoms with van der Waals surface area (Å²) in [5, 5.41) is 0. The van der Waals surface area contributed by atoms with Gasteiger partial charge in [0, 0.05) is 0 Å². The molecule has 98 valence electrons. The molecule has 0 bridgehead atoms. The highest BCUT2D eigenvalue weighted by Gasteiger charge is 2.26. The van der Waals surface area contributed by atoms with Crippen molar-refractivity contribution in [2.45, 2.75) is 18.3 Å². The number of rotatable bonds is 8. The van der Waals surface area contributed by atoms with Gasteiger partial charge in [-0.1, -0.05) is 30.3 Å². The average Bonchev–Trinajstić information content (AvgIpc) is 3.28. The van der Waals surface area contributed by atoms with E-state index < -0.39 is 0 Å². The highest BCUT2D eigenvalue weighted by atomic mass is 16.6. The van der Waals surface area contributed by atoms with Crippen LogP contribution in [-0.2, 0) is 18.9 Å². The van der Waals surface area contributed by atoms with E-state index in [9.17, 15) is 0 Å². The zero-order valence-electron chi connectivity index (χ0n) is 10.3. The fourth-order valence-corrected chi connectivity index (χ4v) is 1.77. The largest absolute Gasteiger partial charge is 0.376 e. The average molecular weight is 250 g/mol. The molecule has 1 aromatic carbocycles. The van der Waals surface area contributed by atoms with Gasteiger partial charge in [0.05, 0.1) is 33.0 Å². The molecular formula is C14H18O4. The highest BCUT2D eigenvalue weighted by Crippen LogP contribution is 2.21. The first-order valence-corrected chi connectivity index (χ1v) is 6.39. The summed E-state index contributed by atoms with van der Waals surface area (Å²) in [6.07, 6.45) is 0.560. The maximum Gasteiger partial charge on any atom is 0.106 e. The Balaban J connectivity index is 1.51. The normalized spacial score (nSPS) is 26.9. The molecular weight excluding hydrogens is 232 g/mol. The Labute approximate surface area is 107 Å². The Hall–Kier alpha value is -0.940. The van der Waals surface area contributed by atoms with Gasteiger partial charge in [0.2, 0.25) is 0 Å². The Kier molecular flexibility index (Phi) is 3.90. The molecule has 2 heterocycles. The summed E-state index contributed by atoms with van der Waals surface area (Å²) >= 11 is 0. The van der Waals surface area contributed by atoms with E-state index in [4.69, 9.17) is 18.9 Å². The van der Waals surface area contributed by atoms with Crippen LogP contribution in [0.3, 0.4) is 0 Å². The Morgan fingerprint density at radius 2 is 1.72 bits per heavy atom. The summed E-state index contributed by atoms with van der Waals surface area (Å²) in [4.78, 5) is 0. The maximum absolute atomic E-state index is 5.86. The third-order valence-electron chi connectivity index (χ3n) is 3.03. The van der Waals surface area contributed by atoms with E-state index in [1.165, 1.54) is 0 Å². The van der Waals surface area contributed by atoms with Gasteiger partial charge in [-0.3, -0.25) is 0 Å². The van der Waals surface area contributed by atoms with Gasteiger partial charge in [-0.05, 0) is 5.56 Å². The van der Waals surface area contributed by atoms with Crippen molar-refractivity contribution < 1.29 is 18.9 Å². The van der Waals surface area contributed by atoms with Crippen LogP contribution in [0.5, 0.6) is 0 Å². The van der Waals surface area contributed by atoms with E-state index in [2.05, 4.69) is 12.1 Å². The molecule has 18 heavy (non-hydrogen) atoms. The van der Waals surface area contributed by atoms with Gasteiger partial charge in [-0.25, -0.2) is 0 Å². The quantitative estimate of drug-likeness (QED) is 0.657. The lowest BCUT2D eigenvalue weighted by atomic mass is 10.1. The van der Waals surface area contributed by atoms with Gasteiger partial charge < -0.3 is 18.9 Å². The van der Waals surface area contributed by atoms with Crippen LogP contribution < -0.4 is 0 Å². The molecule has 0 amide bonds. The monoisotopic (exact) mass is 250 g/mol. The number of hydrogen-bond acceptors (Lipinski definition) is 4. The Morgan fingerprint density at radius 1 is 1.06 bits per heavy atom. The summed E-state index contributed by atoms with van der Waals surface area (Å²) in [6.45, 7) is 3.51. The SMILES string of the molecule is c1ccc(C(COCC2CO2)OCC2CO2)cc1. The number of benzene rings is 1.